The van der Waals surface area contributed by atoms with Crippen LogP contribution in [0.3, 0.4) is 0 Å². The van der Waals surface area contributed by atoms with E-state index in [0.29, 0.717) is 0 Å². The Kier molecular flexibility index (Phi) is 4.35. The lowest BCUT2D eigenvalue weighted by atomic mass is 10.1. The number of hydrogen-bond donors (Lipinski definition) is 1. The summed E-state index contributed by atoms with van der Waals surface area (Å²) >= 11 is 0. The van der Waals surface area contributed by atoms with Crippen LogP contribution in [-0.2, 0) is 7.05 Å². The second-order valence-electron chi connectivity index (χ2n) is 4.62. The molecule has 0 atom stereocenters. The second kappa shape index (κ2) is 6.19. The third-order valence-corrected chi connectivity index (χ3v) is 3.37. The lowest BCUT2D eigenvalue weighted by Crippen LogP contribution is -2.06. The van der Waals surface area contributed by atoms with Gasteiger partial charge in [-0.2, -0.15) is 0 Å². The van der Waals surface area contributed by atoms with Gasteiger partial charge in [0.05, 0.1) is 11.9 Å². The molecule has 4 heteroatoms. The fraction of sp³-hybridized carbons (Fsp3) is 0.250. The first-order valence-electron chi connectivity index (χ1n) is 6.59. The van der Waals surface area contributed by atoms with Gasteiger partial charge in [-0.05, 0) is 30.6 Å². The van der Waals surface area contributed by atoms with Crippen LogP contribution in [0.25, 0.3) is 5.57 Å². The Morgan fingerprint density at radius 2 is 2.30 bits per heavy atom. The molecule has 2 heterocycles. The topological polar surface area (TPSA) is 42.2 Å². The maximum absolute atomic E-state index is 4.31. The predicted molar refractivity (Wildman–Crippen MR) is 84.5 cm³/mol. The van der Waals surface area contributed by atoms with Gasteiger partial charge in [0, 0.05) is 20.3 Å². The van der Waals surface area contributed by atoms with E-state index in [1.54, 1.807) is 0 Å². The van der Waals surface area contributed by atoms with Gasteiger partial charge in [-0.25, -0.2) is 9.98 Å². The van der Waals surface area contributed by atoms with Crippen LogP contribution in [0.15, 0.2) is 53.5 Å². The number of aryl methyl sites for hydroxylation is 1. The summed E-state index contributed by atoms with van der Waals surface area (Å²) in [5, 5.41) is 3.03. The van der Waals surface area contributed by atoms with Gasteiger partial charge in [-0.1, -0.05) is 24.8 Å². The van der Waals surface area contributed by atoms with Crippen molar-refractivity contribution in [3.05, 3.63) is 60.0 Å². The zero-order valence-corrected chi connectivity index (χ0v) is 12.2. The van der Waals surface area contributed by atoms with Crippen LogP contribution >= 0.6 is 0 Å². The van der Waals surface area contributed by atoms with Crippen LogP contribution in [0, 0.1) is 6.92 Å². The summed E-state index contributed by atoms with van der Waals surface area (Å²) < 4.78 is 2.06. The Balaban J connectivity index is 2.22. The van der Waals surface area contributed by atoms with E-state index in [1.807, 2.05) is 39.5 Å². The van der Waals surface area contributed by atoms with Gasteiger partial charge < -0.3 is 9.88 Å². The van der Waals surface area contributed by atoms with E-state index in [-0.39, 0.29) is 0 Å². The first-order valence-corrected chi connectivity index (χ1v) is 6.59. The van der Waals surface area contributed by atoms with Crippen LogP contribution in [0.4, 0.5) is 0 Å². The molecule has 0 amide bonds. The summed E-state index contributed by atoms with van der Waals surface area (Å²) in [7, 11) is 3.88. The Bertz CT molecular complexity index is 627. The molecule has 0 fully saturated rings. The molecule has 1 aliphatic heterocycles. The standard InChI is InChI=1S/C16H20N4/c1-5-14(15-11-18-12(2)20(15)4)8-6-13-7-9-16(17-3)19-10-13/h5-6,8-11,17H,1,7H2,2-4H3/b13-6+,14-8+. The number of nitrogens with zero attached hydrogens (tertiary/aromatic N) is 3. The van der Waals surface area contributed by atoms with E-state index in [2.05, 4.69) is 44.7 Å². The molecule has 0 saturated carbocycles. The molecule has 104 valence electrons. The minimum Gasteiger partial charge on any atom is -0.373 e. The highest BCUT2D eigenvalue weighted by atomic mass is 15.0. The molecule has 0 radical (unpaired) electrons. The molecule has 0 unspecified atom stereocenters. The number of aliphatic imine (C=N–C) groups is 1. The largest absolute Gasteiger partial charge is 0.373 e. The van der Waals surface area contributed by atoms with Crippen molar-refractivity contribution in [1.29, 1.82) is 0 Å². The van der Waals surface area contributed by atoms with Gasteiger partial charge in [0.2, 0.25) is 0 Å². The summed E-state index contributed by atoms with van der Waals surface area (Å²) in [5.41, 5.74) is 3.29. The first-order chi connectivity index (χ1) is 9.65. The fourth-order valence-corrected chi connectivity index (χ4v) is 1.98. The Morgan fingerprint density at radius 3 is 2.80 bits per heavy atom. The van der Waals surface area contributed by atoms with Crippen LogP contribution < -0.4 is 5.32 Å². The van der Waals surface area contributed by atoms with Crippen molar-refractivity contribution in [2.75, 3.05) is 7.05 Å². The molecule has 2 rings (SSSR count). The number of imidazole rings is 1. The van der Waals surface area contributed by atoms with E-state index < -0.39 is 0 Å². The maximum Gasteiger partial charge on any atom is 0.121 e. The molecule has 1 aromatic heterocycles. The lowest BCUT2D eigenvalue weighted by Gasteiger charge is -2.07. The third-order valence-electron chi connectivity index (χ3n) is 3.37. The zero-order chi connectivity index (χ0) is 14.5. The Morgan fingerprint density at radius 1 is 1.50 bits per heavy atom. The quantitative estimate of drug-likeness (QED) is 0.853. The summed E-state index contributed by atoms with van der Waals surface area (Å²) in [6.07, 6.45) is 12.7. The highest BCUT2D eigenvalue weighted by Gasteiger charge is 2.05. The molecule has 4 nitrogen and oxygen atoms in total. The Hall–Kier alpha value is -2.36. The number of hydrogen-bond acceptors (Lipinski definition) is 3. The fourth-order valence-electron chi connectivity index (χ4n) is 1.98. The van der Waals surface area contributed by atoms with Gasteiger partial charge in [0.25, 0.3) is 0 Å². The summed E-state index contributed by atoms with van der Waals surface area (Å²) in [5.74, 6) is 1.90. The number of allylic oxidation sites excluding steroid dienone is 6. The maximum atomic E-state index is 4.31. The minimum atomic E-state index is 0.880. The van der Waals surface area contributed by atoms with Crippen molar-refractivity contribution in [3.8, 4) is 0 Å². The highest BCUT2D eigenvalue weighted by Crippen LogP contribution is 2.17. The number of nitrogens with one attached hydrogen (secondary N) is 1. The minimum absolute atomic E-state index is 0.880. The predicted octanol–water partition coefficient (Wildman–Crippen LogP) is 2.76. The SMILES string of the molecule is C=C/C(=C\C=C1\C=NC(NC)=CC1)c1cnc(C)n1C. The van der Waals surface area contributed by atoms with Crippen molar-refractivity contribution in [3.63, 3.8) is 0 Å². The highest BCUT2D eigenvalue weighted by molar-refractivity contribution is 5.83. The van der Waals surface area contributed by atoms with Crippen molar-refractivity contribution < 1.29 is 0 Å². The van der Waals surface area contributed by atoms with Crippen molar-refractivity contribution >= 4 is 11.8 Å². The summed E-state index contributed by atoms with van der Waals surface area (Å²) in [6.45, 7) is 5.87. The molecule has 0 bridgehead atoms. The monoisotopic (exact) mass is 268 g/mol. The molecule has 0 saturated heterocycles. The Labute approximate surface area is 119 Å². The average molecular weight is 268 g/mol. The molecular weight excluding hydrogens is 248 g/mol. The second-order valence-corrected chi connectivity index (χ2v) is 4.62. The van der Waals surface area contributed by atoms with E-state index in [9.17, 15) is 0 Å². The number of aromatic nitrogens is 2. The van der Waals surface area contributed by atoms with Gasteiger partial charge >= 0.3 is 0 Å². The molecule has 0 spiro atoms. The first kappa shape index (κ1) is 14.1. The van der Waals surface area contributed by atoms with Gasteiger partial charge in [-0.15, -0.1) is 0 Å². The molecule has 1 aromatic rings. The summed E-state index contributed by atoms with van der Waals surface area (Å²) in [4.78, 5) is 8.62. The molecule has 20 heavy (non-hydrogen) atoms. The van der Waals surface area contributed by atoms with E-state index >= 15 is 0 Å². The van der Waals surface area contributed by atoms with Crippen LogP contribution in [0.1, 0.15) is 17.9 Å². The van der Waals surface area contributed by atoms with E-state index in [4.69, 9.17) is 0 Å². The van der Waals surface area contributed by atoms with E-state index in [0.717, 1.165) is 29.3 Å². The molecular formula is C16H20N4. The molecule has 1 aliphatic rings. The van der Waals surface area contributed by atoms with Crippen molar-refractivity contribution in [1.82, 2.24) is 14.9 Å². The molecule has 1 N–H and O–H groups in total. The number of rotatable bonds is 4. The normalized spacial score (nSPS) is 17.2. The zero-order valence-electron chi connectivity index (χ0n) is 12.2. The third kappa shape index (κ3) is 2.96. The van der Waals surface area contributed by atoms with Crippen LogP contribution in [0.5, 0.6) is 0 Å². The van der Waals surface area contributed by atoms with Crippen LogP contribution in [0.2, 0.25) is 0 Å². The van der Waals surface area contributed by atoms with Gasteiger partial charge in [0.15, 0.2) is 0 Å². The van der Waals surface area contributed by atoms with Crippen molar-refractivity contribution in [2.24, 2.45) is 12.0 Å². The van der Waals surface area contributed by atoms with Crippen LogP contribution in [-0.4, -0.2) is 22.8 Å². The smallest absolute Gasteiger partial charge is 0.121 e. The molecule has 0 aliphatic carbocycles. The average Bonchev–Trinajstić information content (AvgIpc) is 2.81. The van der Waals surface area contributed by atoms with Gasteiger partial charge in [-0.3, -0.25) is 0 Å². The van der Waals surface area contributed by atoms with E-state index in [1.165, 1.54) is 5.57 Å². The van der Waals surface area contributed by atoms with Gasteiger partial charge in [0.1, 0.15) is 11.6 Å². The summed E-state index contributed by atoms with van der Waals surface area (Å²) in [6, 6.07) is 0. The van der Waals surface area contributed by atoms with Crippen molar-refractivity contribution in [2.45, 2.75) is 13.3 Å². The lowest BCUT2D eigenvalue weighted by molar-refractivity contribution is 0.846. The molecule has 0 aromatic carbocycles.